The molecule has 0 aromatic heterocycles. The van der Waals surface area contributed by atoms with E-state index in [9.17, 15) is 10.0 Å². The summed E-state index contributed by atoms with van der Waals surface area (Å²) >= 11 is 0. The largest absolute Gasteiger partial charge is 0.353 e. The molecule has 0 unspecified atom stereocenters. The van der Waals surface area contributed by atoms with Crippen LogP contribution in [0, 0.1) is 31.6 Å². The fourth-order valence-electron chi connectivity index (χ4n) is 3.50. The second-order valence-corrected chi connectivity index (χ2v) is 7.39. The first-order chi connectivity index (χ1) is 9.71. The van der Waals surface area contributed by atoms with Crippen molar-refractivity contribution in [3.8, 4) is 0 Å². The van der Waals surface area contributed by atoms with Crippen LogP contribution in [0.5, 0.6) is 0 Å². The van der Waals surface area contributed by atoms with Gasteiger partial charge in [-0.25, -0.2) is 0 Å². The van der Waals surface area contributed by atoms with E-state index in [2.05, 4.69) is 5.32 Å². The molecule has 116 valence electrons. The minimum atomic E-state index is -0.439. The Hall–Kier alpha value is -0.610. The van der Waals surface area contributed by atoms with E-state index in [1.54, 1.807) is 0 Å². The lowest BCUT2D eigenvalue weighted by Crippen LogP contribution is -2.62. The Balaban J connectivity index is 1.83. The summed E-state index contributed by atoms with van der Waals surface area (Å²) in [5, 5.41) is 16.6. The molecule has 2 aliphatic rings. The second kappa shape index (κ2) is 6.25. The molecule has 1 saturated heterocycles. The Kier molecular flexibility index (Phi) is 4.99. The summed E-state index contributed by atoms with van der Waals surface area (Å²) in [5.74, 6) is 1.27. The normalized spacial score (nSPS) is 26.9. The van der Waals surface area contributed by atoms with Crippen LogP contribution in [-0.2, 0) is 10.0 Å². The quantitative estimate of drug-likeness (QED) is 0.865. The molecule has 1 heterocycles. The van der Waals surface area contributed by atoms with Gasteiger partial charge >= 0.3 is 0 Å². The standard InChI is InChI=1S/C17H26N2O2/c1-16(2)11-14(12-17(3,4)19(16)21)18-15(20)10-9-13-7-5-6-8-13/h5-8,14H,9-12H2,1-4H3,(H,18,20). The summed E-state index contributed by atoms with van der Waals surface area (Å²) < 4.78 is 0. The summed E-state index contributed by atoms with van der Waals surface area (Å²) in [6.45, 7) is 7.79. The highest BCUT2D eigenvalue weighted by molar-refractivity contribution is 5.76. The van der Waals surface area contributed by atoms with Crippen molar-refractivity contribution in [2.45, 2.75) is 70.5 Å². The third-order valence-corrected chi connectivity index (χ3v) is 4.33. The fourth-order valence-corrected chi connectivity index (χ4v) is 3.50. The third kappa shape index (κ3) is 4.19. The molecular formula is C17H26N2O2. The minimum Gasteiger partial charge on any atom is -0.353 e. The molecule has 0 bridgehead atoms. The van der Waals surface area contributed by atoms with Crippen LogP contribution in [0.2, 0.25) is 0 Å². The highest BCUT2D eigenvalue weighted by Gasteiger charge is 2.46. The molecule has 1 aliphatic heterocycles. The van der Waals surface area contributed by atoms with Gasteiger partial charge in [-0.15, -0.1) is 10.3 Å². The number of piperidine rings is 1. The number of carbonyl (C=O) groups excluding carboxylic acids is 1. The molecule has 0 aromatic carbocycles. The van der Waals surface area contributed by atoms with Gasteiger partial charge in [0.1, 0.15) is 0 Å². The number of hydrogen-bond acceptors (Lipinski definition) is 2. The molecule has 1 saturated carbocycles. The zero-order valence-electron chi connectivity index (χ0n) is 13.5. The monoisotopic (exact) mass is 290 g/mol. The lowest BCUT2D eigenvalue weighted by atomic mass is 9.79. The van der Waals surface area contributed by atoms with Crippen molar-refractivity contribution >= 4 is 5.91 Å². The molecule has 1 aliphatic carbocycles. The van der Waals surface area contributed by atoms with Crippen LogP contribution in [0.25, 0.3) is 0 Å². The number of hydroxylamine groups is 2. The molecule has 0 atom stereocenters. The van der Waals surface area contributed by atoms with Crippen molar-refractivity contribution in [2.75, 3.05) is 0 Å². The van der Waals surface area contributed by atoms with Crippen LogP contribution in [-0.4, -0.2) is 28.1 Å². The second-order valence-electron chi connectivity index (χ2n) is 7.39. The van der Waals surface area contributed by atoms with Gasteiger partial charge < -0.3 is 5.32 Å². The van der Waals surface area contributed by atoms with Gasteiger partial charge in [0.25, 0.3) is 0 Å². The van der Waals surface area contributed by atoms with Crippen molar-refractivity contribution in [3.63, 3.8) is 0 Å². The number of nitrogens with zero attached hydrogens (tertiary/aromatic N) is 1. The van der Waals surface area contributed by atoms with E-state index in [4.69, 9.17) is 0 Å². The van der Waals surface area contributed by atoms with Crippen molar-refractivity contribution in [1.29, 1.82) is 0 Å². The molecule has 4 heteroatoms. The van der Waals surface area contributed by atoms with Crippen LogP contribution in [0.15, 0.2) is 0 Å². The number of carbonyl (C=O) groups is 1. The summed E-state index contributed by atoms with van der Waals surface area (Å²) in [7, 11) is 0. The first-order valence-electron chi connectivity index (χ1n) is 7.68. The van der Waals surface area contributed by atoms with E-state index in [1.807, 2.05) is 53.4 Å². The maximum Gasteiger partial charge on any atom is 0.220 e. The zero-order chi connectivity index (χ0) is 15.7. The Bertz CT molecular complexity index is 355. The zero-order valence-corrected chi connectivity index (χ0v) is 13.5. The molecule has 4 nitrogen and oxygen atoms in total. The molecule has 0 aromatic rings. The Morgan fingerprint density at radius 3 is 2.24 bits per heavy atom. The van der Waals surface area contributed by atoms with Gasteiger partial charge in [0.2, 0.25) is 5.91 Å². The van der Waals surface area contributed by atoms with Gasteiger partial charge in [0, 0.05) is 23.5 Å². The van der Waals surface area contributed by atoms with Crippen LogP contribution in [0.4, 0.5) is 0 Å². The molecule has 1 N–H and O–H groups in total. The summed E-state index contributed by atoms with van der Waals surface area (Å²) in [4.78, 5) is 12.1. The van der Waals surface area contributed by atoms with E-state index >= 15 is 0 Å². The average molecular weight is 290 g/mol. The molecule has 1 amide bonds. The van der Waals surface area contributed by atoms with Crippen molar-refractivity contribution < 1.29 is 10.0 Å². The van der Waals surface area contributed by atoms with Gasteiger partial charge in [-0.05, 0) is 78.6 Å². The topological polar surface area (TPSA) is 52.2 Å². The van der Waals surface area contributed by atoms with Gasteiger partial charge in [-0.1, -0.05) is 0 Å². The van der Waals surface area contributed by atoms with Crippen LogP contribution < -0.4 is 5.32 Å². The number of hydrogen-bond donors (Lipinski definition) is 1. The highest BCUT2D eigenvalue weighted by Crippen LogP contribution is 2.37. The third-order valence-electron chi connectivity index (χ3n) is 4.33. The van der Waals surface area contributed by atoms with Gasteiger partial charge in [0.15, 0.2) is 0 Å². The van der Waals surface area contributed by atoms with Crippen LogP contribution >= 0.6 is 0 Å². The van der Waals surface area contributed by atoms with Gasteiger partial charge in [-0.3, -0.25) is 4.79 Å². The van der Waals surface area contributed by atoms with Crippen molar-refractivity contribution in [2.24, 2.45) is 0 Å². The van der Waals surface area contributed by atoms with E-state index in [0.29, 0.717) is 19.3 Å². The van der Waals surface area contributed by atoms with E-state index in [1.165, 1.54) is 11.0 Å². The van der Waals surface area contributed by atoms with Crippen molar-refractivity contribution in [3.05, 3.63) is 31.6 Å². The number of rotatable bonds is 4. The van der Waals surface area contributed by atoms with Gasteiger partial charge in [-0.2, -0.15) is 0 Å². The first kappa shape index (κ1) is 16.8. The van der Waals surface area contributed by atoms with E-state index in [0.717, 1.165) is 6.42 Å². The Morgan fingerprint density at radius 2 is 1.71 bits per heavy atom. The minimum absolute atomic E-state index is 0.0761. The predicted molar refractivity (Wildman–Crippen MR) is 81.5 cm³/mol. The summed E-state index contributed by atoms with van der Waals surface area (Å²) in [6, 6.07) is 0.0763. The Morgan fingerprint density at radius 1 is 1.19 bits per heavy atom. The molecule has 2 fully saturated rings. The first-order valence-corrected chi connectivity index (χ1v) is 7.68. The summed E-state index contributed by atoms with van der Waals surface area (Å²) in [6.07, 6.45) is 10.7. The maximum atomic E-state index is 12.3. The molecule has 2 rings (SSSR count). The van der Waals surface area contributed by atoms with Crippen LogP contribution in [0.3, 0.4) is 0 Å². The SMILES string of the molecule is CC1(C)CC(NC(=O)CC[C]2[CH][CH][CH][CH]2)CC(C)(C)N1[O]. The lowest BCUT2D eigenvalue weighted by molar-refractivity contribution is -0.290. The lowest BCUT2D eigenvalue weighted by Gasteiger charge is -2.50. The predicted octanol–water partition coefficient (Wildman–Crippen LogP) is 2.66. The van der Waals surface area contributed by atoms with Crippen molar-refractivity contribution in [1.82, 2.24) is 10.4 Å². The van der Waals surface area contributed by atoms with E-state index < -0.39 is 11.1 Å². The van der Waals surface area contributed by atoms with Crippen LogP contribution in [0.1, 0.15) is 53.4 Å². The van der Waals surface area contributed by atoms with Gasteiger partial charge in [0.05, 0.1) is 0 Å². The molecule has 6 radical (unpaired) electrons. The Labute approximate surface area is 129 Å². The number of amides is 1. The smallest absolute Gasteiger partial charge is 0.220 e. The van der Waals surface area contributed by atoms with E-state index in [-0.39, 0.29) is 11.9 Å². The number of nitrogens with one attached hydrogen (secondary N) is 1. The molecule has 21 heavy (non-hydrogen) atoms. The highest BCUT2D eigenvalue weighted by atomic mass is 16.5. The fraction of sp³-hybridized carbons (Fsp3) is 0.647. The average Bonchev–Trinajstić information content (AvgIpc) is 2.86. The molecule has 0 spiro atoms. The maximum absolute atomic E-state index is 12.3. The summed E-state index contributed by atoms with van der Waals surface area (Å²) in [5.41, 5.74) is -0.878. The molecular weight excluding hydrogens is 264 g/mol.